The summed E-state index contributed by atoms with van der Waals surface area (Å²) in [6, 6.07) is 10.4. The number of nitrogens with zero attached hydrogens (tertiary/aromatic N) is 1. The molecule has 1 aliphatic heterocycles. The first-order chi connectivity index (χ1) is 14.2. The molecule has 0 saturated carbocycles. The summed E-state index contributed by atoms with van der Waals surface area (Å²) in [5.41, 5.74) is 1.14. The molecule has 1 saturated heterocycles. The highest BCUT2D eigenvalue weighted by atomic mass is 32.2. The maximum atomic E-state index is 13.4. The monoisotopic (exact) mass is 432 g/mol. The van der Waals surface area contributed by atoms with E-state index in [0.717, 1.165) is 25.9 Å². The van der Waals surface area contributed by atoms with Crippen LogP contribution in [0.1, 0.15) is 35.7 Å². The number of carbonyl (C=O) groups is 1. The predicted octanol–water partition coefficient (Wildman–Crippen LogP) is 4.14. The van der Waals surface area contributed by atoms with E-state index in [1.54, 1.807) is 19.1 Å². The van der Waals surface area contributed by atoms with Crippen LogP contribution in [0.25, 0.3) is 0 Å². The molecule has 2 aromatic carbocycles. The van der Waals surface area contributed by atoms with Gasteiger partial charge in [-0.05, 0) is 93.7 Å². The van der Waals surface area contributed by atoms with E-state index in [1.165, 1.54) is 30.3 Å². The SMILES string of the molecule is Cc1cc(NC(=O)c2cccc(S(=O)(=O)CC(C)C3CCN(C)CC3)c2)ccc1F. The summed E-state index contributed by atoms with van der Waals surface area (Å²) in [4.78, 5) is 15.0. The summed E-state index contributed by atoms with van der Waals surface area (Å²) in [5.74, 6) is -0.252. The zero-order chi connectivity index (χ0) is 21.9. The van der Waals surface area contributed by atoms with Crippen LogP contribution in [0.2, 0.25) is 0 Å². The number of carbonyl (C=O) groups excluding carboxylic acids is 1. The molecule has 1 N–H and O–H groups in total. The molecule has 5 nitrogen and oxygen atoms in total. The largest absolute Gasteiger partial charge is 0.322 e. The summed E-state index contributed by atoms with van der Waals surface area (Å²) in [6.07, 6.45) is 2.01. The van der Waals surface area contributed by atoms with Gasteiger partial charge in [-0.1, -0.05) is 13.0 Å². The number of aryl methyl sites for hydroxylation is 1. The number of piperidine rings is 1. The number of nitrogens with one attached hydrogen (secondary N) is 1. The van der Waals surface area contributed by atoms with Crippen molar-refractivity contribution in [2.45, 2.75) is 31.6 Å². The Bertz CT molecular complexity index is 1010. The van der Waals surface area contributed by atoms with Crippen molar-refractivity contribution in [1.29, 1.82) is 0 Å². The highest BCUT2D eigenvalue weighted by molar-refractivity contribution is 7.91. The van der Waals surface area contributed by atoms with Crippen molar-refractivity contribution in [3.8, 4) is 0 Å². The highest BCUT2D eigenvalue weighted by Crippen LogP contribution is 2.27. The molecule has 0 radical (unpaired) electrons. The van der Waals surface area contributed by atoms with Gasteiger partial charge in [-0.2, -0.15) is 0 Å². The molecule has 3 rings (SSSR count). The maximum absolute atomic E-state index is 13.4. The number of rotatable bonds is 6. The molecule has 0 aromatic heterocycles. The molecule has 1 unspecified atom stereocenters. The van der Waals surface area contributed by atoms with Gasteiger partial charge in [0.25, 0.3) is 5.91 Å². The molecule has 1 heterocycles. The molecule has 162 valence electrons. The van der Waals surface area contributed by atoms with Gasteiger partial charge in [0.15, 0.2) is 9.84 Å². The van der Waals surface area contributed by atoms with Gasteiger partial charge >= 0.3 is 0 Å². The Morgan fingerprint density at radius 2 is 1.90 bits per heavy atom. The molecule has 2 aromatic rings. The van der Waals surface area contributed by atoms with Crippen LogP contribution < -0.4 is 5.32 Å². The summed E-state index contributed by atoms with van der Waals surface area (Å²) < 4.78 is 39.4. The Kier molecular flexibility index (Phi) is 6.93. The lowest BCUT2D eigenvalue weighted by Gasteiger charge is -2.32. The van der Waals surface area contributed by atoms with Crippen molar-refractivity contribution < 1.29 is 17.6 Å². The zero-order valence-electron chi connectivity index (χ0n) is 17.7. The second kappa shape index (κ2) is 9.27. The lowest BCUT2D eigenvalue weighted by molar-refractivity contribution is 0.102. The second-order valence-electron chi connectivity index (χ2n) is 8.35. The summed E-state index contributed by atoms with van der Waals surface area (Å²) in [7, 11) is -1.42. The molecular formula is C23H29FN2O3S. The van der Waals surface area contributed by atoms with Crippen LogP contribution in [-0.4, -0.2) is 45.1 Å². The van der Waals surface area contributed by atoms with Crippen LogP contribution >= 0.6 is 0 Å². The fourth-order valence-electron chi connectivity index (χ4n) is 3.93. The molecule has 30 heavy (non-hydrogen) atoms. The average Bonchev–Trinajstić information content (AvgIpc) is 2.71. The van der Waals surface area contributed by atoms with Gasteiger partial charge < -0.3 is 10.2 Å². The third-order valence-electron chi connectivity index (χ3n) is 5.92. The number of likely N-dealkylation sites (tertiary alicyclic amines) is 1. The third kappa shape index (κ3) is 5.46. The fourth-order valence-corrected chi connectivity index (χ4v) is 5.68. The minimum absolute atomic E-state index is 0.0587. The maximum Gasteiger partial charge on any atom is 0.255 e. The van der Waals surface area contributed by atoms with Crippen LogP contribution in [0.15, 0.2) is 47.4 Å². The van der Waals surface area contributed by atoms with E-state index < -0.39 is 15.7 Å². The molecule has 1 amide bonds. The van der Waals surface area contributed by atoms with Gasteiger partial charge in [0.1, 0.15) is 5.82 Å². The van der Waals surface area contributed by atoms with Crippen molar-refractivity contribution >= 4 is 21.4 Å². The lowest BCUT2D eigenvalue weighted by Crippen LogP contribution is -2.34. The topological polar surface area (TPSA) is 66.5 Å². The van der Waals surface area contributed by atoms with Gasteiger partial charge in [-0.25, -0.2) is 12.8 Å². The fraction of sp³-hybridized carbons (Fsp3) is 0.435. The van der Waals surface area contributed by atoms with Crippen LogP contribution in [0.5, 0.6) is 0 Å². The number of sulfone groups is 1. The van der Waals surface area contributed by atoms with Crippen LogP contribution in [0.4, 0.5) is 10.1 Å². The van der Waals surface area contributed by atoms with E-state index in [-0.39, 0.29) is 27.9 Å². The van der Waals surface area contributed by atoms with Gasteiger partial charge in [-0.3, -0.25) is 4.79 Å². The minimum Gasteiger partial charge on any atom is -0.322 e. The first kappa shape index (κ1) is 22.4. The molecule has 1 aliphatic rings. The molecule has 1 atom stereocenters. The van der Waals surface area contributed by atoms with Gasteiger partial charge in [0.05, 0.1) is 10.6 Å². The molecule has 1 fully saturated rings. The predicted molar refractivity (Wildman–Crippen MR) is 117 cm³/mol. The van der Waals surface area contributed by atoms with Crippen molar-refractivity contribution in [3.63, 3.8) is 0 Å². The van der Waals surface area contributed by atoms with Crippen LogP contribution in [-0.2, 0) is 9.84 Å². The third-order valence-corrected chi connectivity index (χ3v) is 7.86. The minimum atomic E-state index is -3.51. The number of benzene rings is 2. The van der Waals surface area contributed by atoms with Gasteiger partial charge in [0.2, 0.25) is 0 Å². The van der Waals surface area contributed by atoms with Crippen molar-refractivity contribution in [2.24, 2.45) is 11.8 Å². The Morgan fingerprint density at radius 3 is 2.57 bits per heavy atom. The Hall–Kier alpha value is -2.25. The Labute approximate surface area is 178 Å². The number of amides is 1. The van der Waals surface area contributed by atoms with Crippen molar-refractivity contribution in [1.82, 2.24) is 4.90 Å². The number of halogens is 1. The van der Waals surface area contributed by atoms with Gasteiger partial charge in [-0.15, -0.1) is 0 Å². The quantitative estimate of drug-likeness (QED) is 0.745. The molecule has 0 aliphatic carbocycles. The highest BCUT2D eigenvalue weighted by Gasteiger charge is 2.27. The normalized spacial score (nSPS) is 16.9. The molecule has 0 spiro atoms. The standard InChI is InChI=1S/C23H29FN2O3S/c1-16-13-20(7-8-22(16)24)25-23(27)19-5-4-6-21(14-19)30(28,29)15-17(2)18-9-11-26(3)12-10-18/h4-8,13-14,17-18H,9-12,15H2,1-3H3,(H,25,27). The Balaban J connectivity index is 1.71. The first-order valence-electron chi connectivity index (χ1n) is 10.2. The average molecular weight is 433 g/mol. The summed E-state index contributed by atoms with van der Waals surface area (Å²) in [5, 5.41) is 2.70. The number of hydrogen-bond acceptors (Lipinski definition) is 4. The summed E-state index contributed by atoms with van der Waals surface area (Å²) >= 11 is 0. The zero-order valence-corrected chi connectivity index (χ0v) is 18.5. The first-order valence-corrected chi connectivity index (χ1v) is 11.9. The molecular weight excluding hydrogens is 403 g/mol. The van der Waals surface area contributed by atoms with E-state index >= 15 is 0 Å². The van der Waals surface area contributed by atoms with E-state index in [2.05, 4.69) is 17.3 Å². The lowest BCUT2D eigenvalue weighted by atomic mass is 9.87. The second-order valence-corrected chi connectivity index (χ2v) is 10.4. The Morgan fingerprint density at radius 1 is 1.20 bits per heavy atom. The van der Waals surface area contributed by atoms with Crippen LogP contribution in [0, 0.1) is 24.6 Å². The van der Waals surface area contributed by atoms with E-state index in [4.69, 9.17) is 0 Å². The molecule has 0 bridgehead atoms. The van der Waals surface area contributed by atoms with Crippen molar-refractivity contribution in [3.05, 3.63) is 59.4 Å². The van der Waals surface area contributed by atoms with E-state index in [0.29, 0.717) is 17.2 Å². The molecule has 7 heteroatoms. The smallest absolute Gasteiger partial charge is 0.255 e. The van der Waals surface area contributed by atoms with Crippen molar-refractivity contribution in [2.75, 3.05) is 31.2 Å². The number of hydrogen-bond donors (Lipinski definition) is 1. The van der Waals surface area contributed by atoms with Gasteiger partial charge in [0, 0.05) is 11.3 Å². The van der Waals surface area contributed by atoms with Crippen LogP contribution in [0.3, 0.4) is 0 Å². The van der Waals surface area contributed by atoms with E-state index in [9.17, 15) is 17.6 Å². The van der Waals surface area contributed by atoms with E-state index in [1.807, 2.05) is 6.92 Å². The summed E-state index contributed by atoms with van der Waals surface area (Å²) in [6.45, 7) is 5.60. The number of anilines is 1.